The maximum Gasteiger partial charge on any atom is 0.160 e. The molecule has 0 saturated carbocycles. The number of methoxy groups -OCH3 is 6. The lowest BCUT2D eigenvalue weighted by Gasteiger charge is -2.16. The smallest absolute Gasteiger partial charge is 0.160 e. The van der Waals surface area contributed by atoms with Gasteiger partial charge >= 0.3 is 0 Å². The Labute approximate surface area is 325 Å². The minimum absolute atomic E-state index is 0.285. The molecule has 0 unspecified atom stereocenters. The predicted octanol–water partition coefficient (Wildman–Crippen LogP) is 8.56. The Morgan fingerprint density at radius 2 is 0.654 bits per heavy atom. The van der Waals surface area contributed by atoms with Gasteiger partial charge in [-0.25, -0.2) is 0 Å². The molecule has 0 aliphatic heterocycles. The number of hydrogen-bond acceptors (Lipinski definition) is 6. The first-order valence-electron chi connectivity index (χ1n) is 19.3. The molecule has 0 fully saturated rings. The Balaban J connectivity index is 1.36. The molecule has 0 aliphatic rings. The third-order valence-electron chi connectivity index (χ3n) is 9.53. The molecule has 0 spiro atoms. The highest BCUT2D eigenvalue weighted by molar-refractivity contribution is 6.58. The average Bonchev–Trinajstić information content (AvgIpc) is 3.18. The monoisotopic (exact) mass is 775 g/mol. The van der Waals surface area contributed by atoms with Crippen LogP contribution in [-0.4, -0.2) is 80.0 Å². The van der Waals surface area contributed by atoms with Gasteiger partial charge in [-0.1, -0.05) is 150 Å². The molecule has 3 aromatic rings. The lowest BCUT2D eigenvalue weighted by Crippen LogP contribution is -2.17. The Hall–Kier alpha value is -2.67. The number of hydrogen-bond donors (Lipinski definition) is 0. The molecule has 0 saturated heterocycles. The molecule has 0 atom stereocenters. The first kappa shape index (κ1) is 43.7. The first-order chi connectivity index (χ1) is 25.6. The summed E-state index contributed by atoms with van der Waals surface area (Å²) in [5.41, 5.74) is 0. The van der Waals surface area contributed by atoms with E-state index >= 15 is 0 Å². The summed E-state index contributed by atoms with van der Waals surface area (Å²) < 4.78 is 33.4. The molecule has 0 N–H and O–H groups in total. The molecule has 0 bridgehead atoms. The molecule has 0 heterocycles. The number of rotatable bonds is 30. The zero-order chi connectivity index (χ0) is 37.2. The van der Waals surface area contributed by atoms with E-state index in [1.54, 1.807) is 42.7 Å². The third kappa shape index (κ3) is 15.4. The van der Waals surface area contributed by atoms with Crippen molar-refractivity contribution in [3.63, 3.8) is 0 Å². The molecule has 3 aromatic carbocycles. The number of ether oxygens (including phenoxy) is 6. The fourth-order valence-electron chi connectivity index (χ4n) is 6.68. The summed E-state index contributed by atoms with van der Waals surface area (Å²) in [4.78, 5) is 0. The minimum atomic E-state index is -0.285. The summed E-state index contributed by atoms with van der Waals surface area (Å²) in [7, 11) is 12.4. The minimum Gasteiger partial charge on any atom is -0.493 e. The molecule has 10 heteroatoms. The summed E-state index contributed by atoms with van der Waals surface area (Å²) in [5.74, 6) is 5.24. The van der Waals surface area contributed by atoms with Crippen molar-refractivity contribution in [2.45, 2.75) is 113 Å². The van der Waals surface area contributed by atoms with Crippen LogP contribution in [0.15, 0.2) is 54.6 Å². The number of unbranched alkanes of at least 4 members (excludes halogenated alkanes) is 9. The van der Waals surface area contributed by atoms with Crippen LogP contribution in [0, 0.1) is 0 Å². The average molecular weight is 776 g/mol. The molecule has 0 amide bonds. The van der Waals surface area contributed by atoms with Crippen LogP contribution < -0.4 is 44.0 Å². The van der Waals surface area contributed by atoms with E-state index in [9.17, 15) is 0 Å². The van der Waals surface area contributed by atoms with E-state index in [2.05, 4.69) is 36.4 Å². The van der Waals surface area contributed by atoms with Gasteiger partial charge in [0.2, 0.25) is 0 Å². The second-order valence-electron chi connectivity index (χ2n) is 13.1. The largest absolute Gasteiger partial charge is 0.493 e. The summed E-state index contributed by atoms with van der Waals surface area (Å²) in [6.07, 6.45) is 16.3. The standard InChI is InChI=1S/C42H63O6Si4/c1-43-34-22-19-25-37(40(34)46-4)49-28-13-7-10-16-31-52(32-17-11-8-14-29-50-38-26-20-23-35(44-2)41(38)47-5)33-18-12-9-15-30-51-39-27-21-24-36(45-3)42(39)48-6/h19-27H,7-18,28-33H2,1-6H3. The van der Waals surface area contributed by atoms with Crippen LogP contribution in [-0.2, 0) is 0 Å². The second-order valence-corrected chi connectivity index (χ2v) is 20.3. The van der Waals surface area contributed by atoms with E-state index in [0.29, 0.717) is 0 Å². The molecular weight excluding hydrogens is 713 g/mol. The van der Waals surface area contributed by atoms with Gasteiger partial charge in [0.15, 0.2) is 34.5 Å². The molecule has 0 aromatic heterocycles. The van der Waals surface area contributed by atoms with Crippen LogP contribution in [0.5, 0.6) is 34.5 Å². The Morgan fingerprint density at radius 1 is 0.365 bits per heavy atom. The van der Waals surface area contributed by atoms with Crippen molar-refractivity contribution < 1.29 is 28.4 Å². The maximum atomic E-state index is 5.65. The van der Waals surface area contributed by atoms with E-state index in [1.807, 2.05) is 18.2 Å². The van der Waals surface area contributed by atoms with Crippen molar-refractivity contribution in [1.29, 1.82) is 0 Å². The fourth-order valence-corrected chi connectivity index (χ4v) is 13.6. The zero-order valence-electron chi connectivity index (χ0n) is 32.9. The van der Waals surface area contributed by atoms with Gasteiger partial charge in [-0.15, -0.1) is 0 Å². The van der Waals surface area contributed by atoms with E-state index in [-0.39, 0.29) is 8.80 Å². The van der Waals surface area contributed by atoms with E-state index in [0.717, 1.165) is 63.1 Å². The van der Waals surface area contributed by atoms with Crippen molar-refractivity contribution in [1.82, 2.24) is 0 Å². The Morgan fingerprint density at radius 3 is 0.923 bits per heavy atom. The van der Waals surface area contributed by atoms with Gasteiger partial charge in [-0.3, -0.25) is 0 Å². The molecule has 52 heavy (non-hydrogen) atoms. The summed E-state index contributed by atoms with van der Waals surface area (Å²) in [6, 6.07) is 26.9. The molecular formula is C42H63O6Si4. The summed E-state index contributed by atoms with van der Waals surface area (Å²) >= 11 is 0. The van der Waals surface area contributed by atoms with Crippen molar-refractivity contribution >= 4 is 52.9 Å². The van der Waals surface area contributed by atoms with Gasteiger partial charge in [0.25, 0.3) is 0 Å². The number of benzene rings is 3. The van der Waals surface area contributed by atoms with E-state index in [4.69, 9.17) is 28.4 Å². The molecule has 283 valence electrons. The zero-order valence-corrected chi connectivity index (χ0v) is 36.9. The van der Waals surface area contributed by atoms with E-state index < -0.39 is 0 Å². The van der Waals surface area contributed by atoms with Gasteiger partial charge in [0, 0.05) is 8.80 Å². The van der Waals surface area contributed by atoms with Crippen molar-refractivity contribution in [3.8, 4) is 34.5 Å². The Kier molecular flexibility index (Phi) is 22.7. The first-order valence-corrected chi connectivity index (χ1v) is 25.0. The van der Waals surface area contributed by atoms with Crippen LogP contribution in [0.25, 0.3) is 0 Å². The van der Waals surface area contributed by atoms with Crippen LogP contribution in [0.2, 0.25) is 36.3 Å². The third-order valence-corrected chi connectivity index (χ3v) is 16.8. The fraction of sp³-hybridized carbons (Fsp3) is 0.571. The van der Waals surface area contributed by atoms with Gasteiger partial charge in [0.05, 0.1) is 71.2 Å². The number of para-hydroxylation sites is 3. The van der Waals surface area contributed by atoms with Gasteiger partial charge in [-0.05, 0) is 33.8 Å². The van der Waals surface area contributed by atoms with Crippen LogP contribution >= 0.6 is 0 Å². The highest BCUT2D eigenvalue weighted by Gasteiger charge is 2.14. The van der Waals surface area contributed by atoms with Crippen molar-refractivity contribution in [3.05, 3.63) is 54.6 Å². The van der Waals surface area contributed by atoms with Gasteiger partial charge < -0.3 is 28.4 Å². The highest BCUT2D eigenvalue weighted by atomic mass is 28.3. The Bertz CT molecular complexity index is 1230. The normalized spacial score (nSPS) is 11.1. The van der Waals surface area contributed by atoms with Gasteiger partial charge in [-0.2, -0.15) is 0 Å². The predicted molar refractivity (Wildman–Crippen MR) is 225 cm³/mol. The van der Waals surface area contributed by atoms with Crippen molar-refractivity contribution in [2.75, 3.05) is 42.7 Å². The SMILES string of the molecule is COc1cccc([Si]CCCCCC[Si](CCCCCC[Si]c2cccc(OC)c2OC)CCCCCC[Si]c2cccc(OC)c2OC)c1OC. The topological polar surface area (TPSA) is 55.4 Å². The van der Waals surface area contributed by atoms with Crippen LogP contribution in [0.1, 0.15) is 77.0 Å². The second kappa shape index (κ2) is 27.0. The van der Waals surface area contributed by atoms with Crippen LogP contribution in [0.4, 0.5) is 0 Å². The van der Waals surface area contributed by atoms with Crippen LogP contribution in [0.3, 0.4) is 0 Å². The quantitative estimate of drug-likeness (QED) is 0.0500. The van der Waals surface area contributed by atoms with Gasteiger partial charge in [0.1, 0.15) is 0 Å². The highest BCUT2D eigenvalue weighted by Crippen LogP contribution is 2.26. The molecule has 7 radical (unpaired) electrons. The van der Waals surface area contributed by atoms with Crippen molar-refractivity contribution in [2.24, 2.45) is 0 Å². The molecule has 6 nitrogen and oxygen atoms in total. The lowest BCUT2D eigenvalue weighted by molar-refractivity contribution is 0.357. The lowest BCUT2D eigenvalue weighted by atomic mass is 10.2. The maximum absolute atomic E-state index is 5.65. The van der Waals surface area contributed by atoms with E-state index in [1.165, 1.54) is 129 Å². The molecule has 0 aliphatic carbocycles. The summed E-state index contributed by atoms with van der Waals surface area (Å²) in [6.45, 7) is 0. The molecule has 3 rings (SSSR count). The summed E-state index contributed by atoms with van der Waals surface area (Å²) in [5, 5.41) is 3.86.